The van der Waals surface area contributed by atoms with Crippen LogP contribution in [0, 0.1) is 0 Å². The van der Waals surface area contributed by atoms with Crippen molar-refractivity contribution in [3.05, 3.63) is 54.1 Å². The quantitative estimate of drug-likeness (QED) is 0.882. The molecule has 0 atom stereocenters. The third kappa shape index (κ3) is 3.76. The molecule has 0 aliphatic rings. The van der Waals surface area contributed by atoms with Gasteiger partial charge in [0.05, 0.1) is 0 Å². The first-order chi connectivity index (χ1) is 9.68. The molecular weight excluding hydrogens is 288 g/mol. The van der Waals surface area contributed by atoms with Crippen LogP contribution in [0.25, 0.3) is 0 Å². The van der Waals surface area contributed by atoms with E-state index in [2.05, 4.69) is 20.8 Å². The lowest BCUT2D eigenvalue weighted by Gasteiger charge is -2.19. The summed E-state index contributed by atoms with van der Waals surface area (Å²) < 4.78 is 29.3. The second-order valence-corrected chi connectivity index (χ2v) is 7.35. The predicted octanol–water partition coefficient (Wildman–Crippen LogP) is 3.46. The Morgan fingerprint density at radius 1 is 0.905 bits per heavy atom. The van der Waals surface area contributed by atoms with Gasteiger partial charge in [-0.2, -0.15) is 8.42 Å². The normalized spacial score (nSPS) is 12.1. The average molecular weight is 306 g/mol. The number of hydrogen-bond acceptors (Lipinski definition) is 4. The second-order valence-electron chi connectivity index (χ2n) is 5.81. The van der Waals surface area contributed by atoms with Gasteiger partial charge in [0, 0.05) is 0 Å². The van der Waals surface area contributed by atoms with Crippen molar-refractivity contribution in [2.45, 2.75) is 31.1 Å². The Labute approximate surface area is 125 Å². The molecule has 0 fully saturated rings. The topological polar surface area (TPSA) is 63.6 Å². The smallest absolute Gasteiger partial charge is 0.339 e. The van der Waals surface area contributed by atoms with Crippen LogP contribution in [0.3, 0.4) is 0 Å². The third-order valence-corrected chi connectivity index (χ3v) is 4.31. The molecule has 5 heteroatoms. The molecule has 0 bridgehead atoms. The fourth-order valence-corrected chi connectivity index (χ4v) is 2.73. The molecule has 21 heavy (non-hydrogen) atoms. The van der Waals surface area contributed by atoms with Crippen LogP contribution < -0.4 is 4.18 Å². The minimum absolute atomic E-state index is 0.000183. The summed E-state index contributed by atoms with van der Waals surface area (Å²) in [5.74, 6) is 0.263. The zero-order chi connectivity index (χ0) is 15.7. The van der Waals surface area contributed by atoms with Gasteiger partial charge in [-0.3, -0.25) is 0 Å². The number of benzene rings is 2. The van der Waals surface area contributed by atoms with Crippen molar-refractivity contribution >= 4 is 10.1 Å². The summed E-state index contributed by atoms with van der Waals surface area (Å²) in [5.41, 5.74) is 1.09. The van der Waals surface area contributed by atoms with Crippen molar-refractivity contribution in [1.29, 1.82) is 0 Å². The van der Waals surface area contributed by atoms with Crippen LogP contribution >= 0.6 is 0 Å². The first kappa shape index (κ1) is 15.4. The second kappa shape index (κ2) is 5.41. The number of rotatable bonds is 3. The van der Waals surface area contributed by atoms with E-state index < -0.39 is 10.1 Å². The van der Waals surface area contributed by atoms with E-state index in [0.29, 0.717) is 0 Å². The van der Waals surface area contributed by atoms with Gasteiger partial charge in [0.25, 0.3) is 0 Å². The fraction of sp³-hybridized carbons (Fsp3) is 0.250. The third-order valence-electron chi connectivity index (χ3n) is 3.05. The molecule has 0 aliphatic carbocycles. The van der Waals surface area contributed by atoms with Crippen molar-refractivity contribution in [2.24, 2.45) is 0 Å². The van der Waals surface area contributed by atoms with Crippen LogP contribution in [0.2, 0.25) is 0 Å². The first-order valence-electron chi connectivity index (χ1n) is 6.52. The van der Waals surface area contributed by atoms with E-state index in [-0.39, 0.29) is 21.8 Å². The van der Waals surface area contributed by atoms with Crippen LogP contribution in [0.4, 0.5) is 0 Å². The highest BCUT2D eigenvalue weighted by molar-refractivity contribution is 7.87. The van der Waals surface area contributed by atoms with Crippen LogP contribution in [0.15, 0.2) is 53.4 Å². The Morgan fingerprint density at radius 2 is 1.43 bits per heavy atom. The van der Waals surface area contributed by atoms with E-state index in [9.17, 15) is 13.5 Å². The number of phenolic OH excluding ortho intramolecular Hbond substituents is 1. The molecule has 0 radical (unpaired) electrons. The van der Waals surface area contributed by atoms with Gasteiger partial charge in [0.15, 0.2) is 0 Å². The molecule has 0 spiro atoms. The maximum atomic E-state index is 12.1. The standard InChI is InChI=1S/C16H18O4S/c1-16(2,3)12-4-8-14(9-5-12)20-21(18,19)15-10-6-13(17)7-11-15/h4-11,17H,1-3H3. The van der Waals surface area contributed by atoms with E-state index in [4.69, 9.17) is 4.18 Å². The molecule has 0 aromatic heterocycles. The summed E-state index contributed by atoms with van der Waals surface area (Å²) in [5, 5.41) is 9.18. The van der Waals surface area contributed by atoms with Gasteiger partial charge in [-0.05, 0) is 47.4 Å². The van der Waals surface area contributed by atoms with Gasteiger partial charge in [-0.15, -0.1) is 0 Å². The van der Waals surface area contributed by atoms with Crippen molar-refractivity contribution in [1.82, 2.24) is 0 Å². The molecule has 1 N–H and O–H groups in total. The lowest BCUT2D eigenvalue weighted by molar-refractivity contribution is 0.473. The molecule has 0 unspecified atom stereocenters. The molecular formula is C16H18O4S. The first-order valence-corrected chi connectivity index (χ1v) is 7.93. The SMILES string of the molecule is CC(C)(C)c1ccc(OS(=O)(=O)c2ccc(O)cc2)cc1. The molecule has 112 valence electrons. The van der Waals surface area contributed by atoms with Gasteiger partial charge in [0.2, 0.25) is 0 Å². The van der Waals surface area contributed by atoms with Crippen molar-refractivity contribution in [2.75, 3.05) is 0 Å². The molecule has 0 aliphatic heterocycles. The fourth-order valence-electron chi connectivity index (χ4n) is 1.80. The summed E-state index contributed by atoms with van der Waals surface area (Å²) >= 11 is 0. The molecule has 2 rings (SSSR count). The van der Waals surface area contributed by atoms with E-state index in [1.165, 1.54) is 24.3 Å². The van der Waals surface area contributed by atoms with Crippen molar-refractivity contribution < 1.29 is 17.7 Å². The lowest BCUT2D eigenvalue weighted by atomic mass is 9.87. The van der Waals surface area contributed by atoms with E-state index >= 15 is 0 Å². The maximum absolute atomic E-state index is 12.1. The van der Waals surface area contributed by atoms with Gasteiger partial charge in [-0.1, -0.05) is 32.9 Å². The zero-order valence-electron chi connectivity index (χ0n) is 12.2. The molecule has 0 amide bonds. The maximum Gasteiger partial charge on any atom is 0.339 e. The molecule has 0 saturated carbocycles. The molecule has 2 aromatic carbocycles. The van der Waals surface area contributed by atoms with Crippen molar-refractivity contribution in [3.63, 3.8) is 0 Å². The molecule has 0 saturated heterocycles. The van der Waals surface area contributed by atoms with E-state index in [0.717, 1.165) is 5.56 Å². The highest BCUT2D eigenvalue weighted by Gasteiger charge is 2.18. The summed E-state index contributed by atoms with van der Waals surface area (Å²) in [6.45, 7) is 6.24. The Morgan fingerprint density at radius 3 is 1.90 bits per heavy atom. The van der Waals surface area contributed by atoms with Gasteiger partial charge < -0.3 is 9.29 Å². The Hall–Kier alpha value is -2.01. The highest BCUT2D eigenvalue weighted by Crippen LogP contribution is 2.26. The van der Waals surface area contributed by atoms with Gasteiger partial charge >= 0.3 is 10.1 Å². The van der Waals surface area contributed by atoms with Gasteiger partial charge in [0.1, 0.15) is 16.4 Å². The summed E-state index contributed by atoms with van der Waals surface area (Å²) in [7, 11) is -3.89. The average Bonchev–Trinajstić information content (AvgIpc) is 2.38. The zero-order valence-corrected chi connectivity index (χ0v) is 13.0. The minimum Gasteiger partial charge on any atom is -0.508 e. The minimum atomic E-state index is -3.89. The Balaban J connectivity index is 2.23. The summed E-state index contributed by atoms with van der Waals surface area (Å²) in [6, 6.07) is 12.2. The van der Waals surface area contributed by atoms with Crippen molar-refractivity contribution in [3.8, 4) is 11.5 Å². The molecule has 2 aromatic rings. The monoisotopic (exact) mass is 306 g/mol. The molecule has 4 nitrogen and oxygen atoms in total. The largest absolute Gasteiger partial charge is 0.508 e. The van der Waals surface area contributed by atoms with Gasteiger partial charge in [-0.25, -0.2) is 0 Å². The lowest BCUT2D eigenvalue weighted by Crippen LogP contribution is -2.12. The summed E-state index contributed by atoms with van der Waals surface area (Å²) in [4.78, 5) is 0.000183. The number of aromatic hydroxyl groups is 1. The van der Waals surface area contributed by atoms with E-state index in [1.807, 2.05) is 12.1 Å². The van der Waals surface area contributed by atoms with E-state index in [1.54, 1.807) is 12.1 Å². The highest BCUT2D eigenvalue weighted by atomic mass is 32.2. The van der Waals surface area contributed by atoms with Crippen LogP contribution in [0.5, 0.6) is 11.5 Å². The Kier molecular flexibility index (Phi) is 3.96. The Bertz CT molecular complexity index is 708. The number of hydrogen-bond donors (Lipinski definition) is 1. The molecule has 0 heterocycles. The number of phenols is 1. The van der Waals surface area contributed by atoms with Crippen LogP contribution in [-0.4, -0.2) is 13.5 Å². The predicted molar refractivity (Wildman–Crippen MR) is 81.1 cm³/mol. The van der Waals surface area contributed by atoms with Crippen LogP contribution in [-0.2, 0) is 15.5 Å². The summed E-state index contributed by atoms with van der Waals surface area (Å²) in [6.07, 6.45) is 0. The van der Waals surface area contributed by atoms with Crippen LogP contribution in [0.1, 0.15) is 26.3 Å².